The second kappa shape index (κ2) is 7.04. The summed E-state index contributed by atoms with van der Waals surface area (Å²) in [7, 11) is 1.54. The molecule has 0 bridgehead atoms. The van der Waals surface area contributed by atoms with Gasteiger partial charge in [-0.3, -0.25) is 4.79 Å². The summed E-state index contributed by atoms with van der Waals surface area (Å²) in [5.74, 6) is -4.30. The van der Waals surface area contributed by atoms with Crippen molar-refractivity contribution in [2.75, 3.05) is 17.7 Å². The number of benzene rings is 2. The summed E-state index contributed by atoms with van der Waals surface area (Å²) in [6.07, 6.45) is 0. The van der Waals surface area contributed by atoms with Gasteiger partial charge in [0.15, 0.2) is 17.5 Å². The van der Waals surface area contributed by atoms with E-state index in [9.17, 15) is 18.0 Å². The molecule has 23 heavy (non-hydrogen) atoms. The third-order valence-corrected chi connectivity index (χ3v) is 3.16. The number of hydrogen-bond donors (Lipinski definition) is 2. The summed E-state index contributed by atoms with van der Waals surface area (Å²) >= 11 is 0. The number of carbonyl (C=O) groups excluding carboxylic acids is 1. The molecule has 0 aromatic heterocycles. The normalized spacial score (nSPS) is 11.7. The number of nitrogens with one attached hydrogen (secondary N) is 2. The summed E-state index contributed by atoms with van der Waals surface area (Å²) in [6.45, 7) is 1.55. The smallest absolute Gasteiger partial charge is 0.246 e. The van der Waals surface area contributed by atoms with Crippen LogP contribution in [0.25, 0.3) is 0 Å². The van der Waals surface area contributed by atoms with Crippen LogP contribution < -0.4 is 15.4 Å². The molecule has 1 atom stereocenters. The van der Waals surface area contributed by atoms with Crippen molar-refractivity contribution in [3.05, 3.63) is 53.8 Å². The molecule has 0 saturated heterocycles. The lowest BCUT2D eigenvalue weighted by Gasteiger charge is -2.16. The van der Waals surface area contributed by atoms with E-state index in [-0.39, 0.29) is 0 Å². The molecular weight excluding hydrogens is 309 g/mol. The van der Waals surface area contributed by atoms with Crippen LogP contribution in [0.5, 0.6) is 5.75 Å². The summed E-state index contributed by atoms with van der Waals surface area (Å²) in [5.41, 5.74) is 0.233. The van der Waals surface area contributed by atoms with Crippen LogP contribution in [0.2, 0.25) is 0 Å². The molecule has 0 aliphatic carbocycles. The number of hydrogen-bond acceptors (Lipinski definition) is 3. The number of halogens is 3. The van der Waals surface area contributed by atoms with Crippen LogP contribution in [0.15, 0.2) is 36.4 Å². The maximum Gasteiger partial charge on any atom is 0.246 e. The van der Waals surface area contributed by atoms with Crippen molar-refractivity contribution >= 4 is 17.3 Å². The number of rotatable bonds is 5. The molecule has 2 aromatic carbocycles. The maximum atomic E-state index is 13.5. The van der Waals surface area contributed by atoms with Crippen LogP contribution in [0.4, 0.5) is 24.5 Å². The molecule has 0 spiro atoms. The van der Waals surface area contributed by atoms with Crippen molar-refractivity contribution in [3.8, 4) is 5.75 Å². The molecular formula is C16H15F3N2O2. The SMILES string of the molecule is COc1ccc(N[C@H](C)C(=O)Nc2ccc(F)c(F)c2F)cc1. The van der Waals surface area contributed by atoms with E-state index in [0.717, 1.165) is 12.1 Å². The fraction of sp³-hybridized carbons (Fsp3) is 0.188. The zero-order valence-electron chi connectivity index (χ0n) is 12.5. The minimum Gasteiger partial charge on any atom is -0.497 e. The van der Waals surface area contributed by atoms with E-state index >= 15 is 0 Å². The predicted octanol–water partition coefficient (Wildman–Crippen LogP) is 3.55. The fourth-order valence-electron chi connectivity index (χ4n) is 1.87. The molecule has 0 aliphatic rings. The third-order valence-electron chi connectivity index (χ3n) is 3.16. The topological polar surface area (TPSA) is 50.4 Å². The first-order chi connectivity index (χ1) is 10.9. The van der Waals surface area contributed by atoms with Crippen LogP contribution in [0.1, 0.15) is 6.92 Å². The second-order valence-electron chi connectivity index (χ2n) is 4.81. The molecule has 0 unspecified atom stereocenters. The Bertz CT molecular complexity index is 705. The van der Waals surface area contributed by atoms with Gasteiger partial charge in [-0.2, -0.15) is 0 Å². The molecule has 1 amide bonds. The van der Waals surface area contributed by atoms with Crippen LogP contribution in [-0.4, -0.2) is 19.1 Å². The van der Waals surface area contributed by atoms with Crippen LogP contribution >= 0.6 is 0 Å². The van der Waals surface area contributed by atoms with E-state index in [1.54, 1.807) is 31.2 Å². The fourth-order valence-corrected chi connectivity index (χ4v) is 1.87. The van der Waals surface area contributed by atoms with Gasteiger partial charge in [-0.05, 0) is 43.3 Å². The Morgan fingerprint density at radius 3 is 2.30 bits per heavy atom. The Morgan fingerprint density at radius 1 is 1.04 bits per heavy atom. The van der Waals surface area contributed by atoms with Crippen molar-refractivity contribution in [2.45, 2.75) is 13.0 Å². The van der Waals surface area contributed by atoms with Gasteiger partial charge in [0.1, 0.15) is 11.8 Å². The van der Waals surface area contributed by atoms with E-state index < -0.39 is 35.1 Å². The van der Waals surface area contributed by atoms with Crippen molar-refractivity contribution in [1.29, 1.82) is 0 Å². The molecule has 0 fully saturated rings. The van der Waals surface area contributed by atoms with Crippen molar-refractivity contribution in [1.82, 2.24) is 0 Å². The van der Waals surface area contributed by atoms with E-state index in [2.05, 4.69) is 10.6 Å². The van der Waals surface area contributed by atoms with Gasteiger partial charge in [0.25, 0.3) is 0 Å². The van der Waals surface area contributed by atoms with Crippen LogP contribution in [-0.2, 0) is 4.79 Å². The van der Waals surface area contributed by atoms with Gasteiger partial charge in [-0.25, -0.2) is 13.2 Å². The molecule has 0 heterocycles. The lowest BCUT2D eigenvalue weighted by Crippen LogP contribution is -2.32. The number of anilines is 2. The number of carbonyl (C=O) groups is 1. The highest BCUT2D eigenvalue weighted by molar-refractivity contribution is 5.96. The Kier molecular flexibility index (Phi) is 5.10. The highest BCUT2D eigenvalue weighted by atomic mass is 19.2. The molecule has 7 heteroatoms. The van der Waals surface area contributed by atoms with E-state index in [1.165, 1.54) is 7.11 Å². The Labute approximate surface area is 131 Å². The number of ether oxygens (including phenoxy) is 1. The van der Waals surface area contributed by atoms with Crippen LogP contribution in [0.3, 0.4) is 0 Å². The maximum absolute atomic E-state index is 13.5. The highest BCUT2D eigenvalue weighted by Crippen LogP contribution is 2.20. The van der Waals surface area contributed by atoms with Gasteiger partial charge in [-0.15, -0.1) is 0 Å². The van der Waals surface area contributed by atoms with Gasteiger partial charge in [0.05, 0.1) is 12.8 Å². The van der Waals surface area contributed by atoms with E-state index in [4.69, 9.17) is 4.74 Å². The lowest BCUT2D eigenvalue weighted by molar-refractivity contribution is -0.116. The molecule has 0 radical (unpaired) electrons. The molecule has 122 valence electrons. The summed E-state index contributed by atoms with van der Waals surface area (Å²) in [4.78, 5) is 12.0. The molecule has 2 rings (SSSR count). The lowest BCUT2D eigenvalue weighted by atomic mass is 10.2. The van der Waals surface area contributed by atoms with Crippen molar-refractivity contribution < 1.29 is 22.7 Å². The quantitative estimate of drug-likeness (QED) is 0.827. The Morgan fingerprint density at radius 2 is 1.70 bits per heavy atom. The molecule has 4 nitrogen and oxygen atoms in total. The highest BCUT2D eigenvalue weighted by Gasteiger charge is 2.18. The van der Waals surface area contributed by atoms with Crippen molar-refractivity contribution in [2.24, 2.45) is 0 Å². The number of methoxy groups -OCH3 is 1. The second-order valence-corrected chi connectivity index (χ2v) is 4.81. The molecule has 0 aliphatic heterocycles. The largest absolute Gasteiger partial charge is 0.497 e. The molecule has 2 N–H and O–H groups in total. The predicted molar refractivity (Wildman–Crippen MR) is 81.0 cm³/mol. The third kappa shape index (κ3) is 3.94. The van der Waals surface area contributed by atoms with Gasteiger partial charge in [0.2, 0.25) is 5.91 Å². The molecule has 0 saturated carbocycles. The van der Waals surface area contributed by atoms with E-state index in [1.807, 2.05) is 0 Å². The van der Waals surface area contributed by atoms with E-state index in [0.29, 0.717) is 11.4 Å². The van der Waals surface area contributed by atoms with Gasteiger partial charge in [-0.1, -0.05) is 0 Å². The average molecular weight is 324 g/mol. The Hall–Kier alpha value is -2.70. The van der Waals surface area contributed by atoms with Crippen molar-refractivity contribution in [3.63, 3.8) is 0 Å². The molecule has 2 aromatic rings. The first-order valence-corrected chi connectivity index (χ1v) is 6.77. The minimum absolute atomic E-state index is 0.419. The zero-order chi connectivity index (χ0) is 17.0. The summed E-state index contributed by atoms with van der Waals surface area (Å²) in [5, 5.41) is 5.11. The van der Waals surface area contributed by atoms with Crippen LogP contribution in [0, 0.1) is 17.5 Å². The number of amides is 1. The van der Waals surface area contributed by atoms with Gasteiger partial charge >= 0.3 is 0 Å². The zero-order valence-corrected chi connectivity index (χ0v) is 12.5. The average Bonchev–Trinajstić information content (AvgIpc) is 2.56. The first-order valence-electron chi connectivity index (χ1n) is 6.77. The van der Waals surface area contributed by atoms with Gasteiger partial charge < -0.3 is 15.4 Å². The standard InChI is InChI=1S/C16H15F3N2O2/c1-9(20-10-3-5-11(23-2)6-4-10)16(22)21-13-8-7-12(17)14(18)15(13)19/h3-9,20H,1-2H3,(H,21,22)/t9-/m1/s1. The Balaban J connectivity index is 2.03. The minimum atomic E-state index is -1.63. The van der Waals surface area contributed by atoms with Gasteiger partial charge in [0, 0.05) is 5.69 Å². The monoisotopic (exact) mass is 324 g/mol. The summed E-state index contributed by atoms with van der Waals surface area (Å²) < 4.78 is 44.5. The first kappa shape index (κ1) is 16.7. The summed E-state index contributed by atoms with van der Waals surface area (Å²) in [6, 6.07) is 7.82.